The SMILES string of the molecule is O=C(O)N1CCN2C(=O)c3c(F)nc(-c4c(O)ccc(Cl)c4F)c(Cl)c3OC[C@H]2C1. The van der Waals surface area contributed by atoms with Gasteiger partial charge in [-0.3, -0.25) is 4.79 Å². The first kappa shape index (κ1) is 20.4. The summed E-state index contributed by atoms with van der Waals surface area (Å²) >= 11 is 12.0. The van der Waals surface area contributed by atoms with E-state index < -0.39 is 52.4 Å². The van der Waals surface area contributed by atoms with Crippen molar-refractivity contribution in [2.24, 2.45) is 0 Å². The predicted octanol–water partition coefficient (Wildman–Crippen LogP) is 3.24. The van der Waals surface area contributed by atoms with Gasteiger partial charge in [-0.15, -0.1) is 0 Å². The summed E-state index contributed by atoms with van der Waals surface area (Å²) in [6, 6.07) is 1.52. The van der Waals surface area contributed by atoms with Crippen molar-refractivity contribution in [1.82, 2.24) is 14.8 Å². The van der Waals surface area contributed by atoms with Crippen molar-refractivity contribution in [2.45, 2.75) is 6.04 Å². The van der Waals surface area contributed by atoms with Gasteiger partial charge in [0.25, 0.3) is 5.91 Å². The number of ether oxygens (including phenoxy) is 1. The number of aromatic nitrogens is 1. The Morgan fingerprint density at radius 2 is 1.97 bits per heavy atom. The first-order valence-corrected chi connectivity index (χ1v) is 9.44. The standard InChI is InChI=1S/C18H13Cl2F2N3O5/c19-8-1-2-9(26)10(13(8)21)14-12(20)15-11(16(22)23-14)17(27)25-4-3-24(18(28)29)5-7(25)6-30-15/h1-2,7,26H,3-6H2,(H,28,29)/t7-/m1/s1. The molecule has 2 aromatic rings. The van der Waals surface area contributed by atoms with Crippen molar-refractivity contribution in [3.05, 3.63) is 39.5 Å². The lowest BCUT2D eigenvalue weighted by atomic mass is 10.1. The summed E-state index contributed by atoms with van der Waals surface area (Å²) in [6.07, 6.45) is -1.15. The van der Waals surface area contributed by atoms with Crippen LogP contribution in [0.2, 0.25) is 10.0 Å². The van der Waals surface area contributed by atoms with E-state index in [-0.39, 0.29) is 42.0 Å². The smallest absolute Gasteiger partial charge is 0.407 e. The van der Waals surface area contributed by atoms with E-state index in [0.717, 1.165) is 17.0 Å². The number of phenolic OH excluding ortho intramolecular Hbond substituents is 1. The third-order valence-corrected chi connectivity index (χ3v) is 5.65. The number of fused-ring (bicyclic) bond motifs is 2. The average molecular weight is 460 g/mol. The largest absolute Gasteiger partial charge is 0.507 e. The number of phenols is 1. The minimum Gasteiger partial charge on any atom is -0.507 e. The summed E-state index contributed by atoms with van der Waals surface area (Å²) in [5.74, 6) is -4.06. The number of halogens is 4. The van der Waals surface area contributed by atoms with E-state index in [1.54, 1.807) is 0 Å². The van der Waals surface area contributed by atoms with Crippen LogP contribution in [0, 0.1) is 11.8 Å². The van der Waals surface area contributed by atoms with Crippen LogP contribution >= 0.6 is 23.2 Å². The average Bonchev–Trinajstić information content (AvgIpc) is 2.85. The highest BCUT2D eigenvalue weighted by Gasteiger charge is 2.40. The van der Waals surface area contributed by atoms with Crippen LogP contribution in [0.3, 0.4) is 0 Å². The minimum absolute atomic E-state index is 0.0289. The van der Waals surface area contributed by atoms with Gasteiger partial charge in [-0.05, 0) is 12.1 Å². The van der Waals surface area contributed by atoms with Gasteiger partial charge in [0.15, 0.2) is 11.6 Å². The molecule has 0 aliphatic carbocycles. The number of pyridine rings is 1. The van der Waals surface area contributed by atoms with Gasteiger partial charge in [0.05, 0.1) is 16.6 Å². The van der Waals surface area contributed by atoms with Crippen LogP contribution in [0.5, 0.6) is 11.5 Å². The van der Waals surface area contributed by atoms with Gasteiger partial charge in [0.1, 0.15) is 28.6 Å². The molecule has 2 N–H and O–H groups in total. The molecule has 0 saturated carbocycles. The van der Waals surface area contributed by atoms with Crippen LogP contribution in [-0.4, -0.2) is 69.3 Å². The first-order valence-electron chi connectivity index (χ1n) is 8.68. The number of hydrogen-bond donors (Lipinski definition) is 2. The molecule has 1 aromatic heterocycles. The van der Waals surface area contributed by atoms with Crippen molar-refractivity contribution in [2.75, 3.05) is 26.2 Å². The molecule has 158 valence electrons. The molecule has 3 heterocycles. The number of hydrogen-bond acceptors (Lipinski definition) is 5. The molecule has 4 rings (SSSR count). The maximum atomic E-state index is 14.9. The molecule has 0 spiro atoms. The van der Waals surface area contributed by atoms with Crippen molar-refractivity contribution in [3.63, 3.8) is 0 Å². The fourth-order valence-corrected chi connectivity index (χ4v) is 3.97. The number of rotatable bonds is 1. The van der Waals surface area contributed by atoms with Crippen molar-refractivity contribution >= 4 is 35.2 Å². The molecule has 2 aliphatic heterocycles. The minimum atomic E-state index is -1.27. The van der Waals surface area contributed by atoms with Gasteiger partial charge in [0, 0.05) is 19.6 Å². The van der Waals surface area contributed by atoms with Gasteiger partial charge in [-0.2, -0.15) is 4.39 Å². The molecule has 12 heteroatoms. The fraction of sp³-hybridized carbons (Fsp3) is 0.278. The van der Waals surface area contributed by atoms with E-state index >= 15 is 0 Å². The topological polar surface area (TPSA) is 103 Å². The Morgan fingerprint density at radius 3 is 2.67 bits per heavy atom. The normalized spacial score (nSPS) is 18.4. The molecular formula is C18H13Cl2F2N3O5. The monoisotopic (exact) mass is 459 g/mol. The van der Waals surface area contributed by atoms with E-state index in [1.165, 1.54) is 4.90 Å². The van der Waals surface area contributed by atoms with Gasteiger partial charge >= 0.3 is 6.09 Å². The summed E-state index contributed by atoms with van der Waals surface area (Å²) in [5.41, 5.74) is -1.56. The number of benzene rings is 1. The highest BCUT2D eigenvalue weighted by molar-refractivity contribution is 6.35. The van der Waals surface area contributed by atoms with Crippen LogP contribution in [0.1, 0.15) is 10.4 Å². The highest BCUT2D eigenvalue weighted by atomic mass is 35.5. The van der Waals surface area contributed by atoms with Gasteiger partial charge in [-0.25, -0.2) is 14.2 Å². The molecule has 1 fully saturated rings. The molecule has 2 amide bonds. The number of piperazine rings is 1. The molecule has 1 atom stereocenters. The van der Waals surface area contributed by atoms with Crippen LogP contribution in [-0.2, 0) is 0 Å². The van der Waals surface area contributed by atoms with Crippen molar-refractivity contribution < 1.29 is 33.3 Å². The number of carbonyl (C=O) groups is 2. The lowest BCUT2D eigenvalue weighted by Gasteiger charge is -2.38. The Morgan fingerprint density at radius 1 is 1.23 bits per heavy atom. The van der Waals surface area contributed by atoms with Gasteiger partial charge in [-0.1, -0.05) is 23.2 Å². The Labute approximate surface area is 178 Å². The van der Waals surface area contributed by atoms with Gasteiger partial charge in [0.2, 0.25) is 5.95 Å². The zero-order valence-electron chi connectivity index (χ0n) is 15.0. The number of carboxylic acid groups (broad SMARTS) is 1. The molecule has 30 heavy (non-hydrogen) atoms. The maximum absolute atomic E-state index is 14.9. The molecule has 1 aromatic carbocycles. The summed E-state index contributed by atoms with van der Waals surface area (Å²) in [7, 11) is 0. The zero-order chi connectivity index (χ0) is 21.7. The first-order chi connectivity index (χ1) is 14.2. The number of amides is 2. The second-order valence-corrected chi connectivity index (χ2v) is 7.50. The summed E-state index contributed by atoms with van der Waals surface area (Å²) < 4.78 is 35.0. The van der Waals surface area contributed by atoms with Crippen LogP contribution < -0.4 is 4.74 Å². The quantitative estimate of drug-likeness (QED) is 0.634. The lowest BCUT2D eigenvalue weighted by Crippen LogP contribution is -2.57. The summed E-state index contributed by atoms with van der Waals surface area (Å²) in [4.78, 5) is 30.2. The third-order valence-electron chi connectivity index (χ3n) is 5.01. The summed E-state index contributed by atoms with van der Waals surface area (Å²) in [6.45, 7) is -0.121. The second kappa shape index (κ2) is 7.44. The number of nitrogens with zero attached hydrogens (tertiary/aromatic N) is 3. The van der Waals surface area contributed by atoms with Crippen molar-refractivity contribution in [1.29, 1.82) is 0 Å². The third kappa shape index (κ3) is 3.16. The zero-order valence-corrected chi connectivity index (χ0v) is 16.5. The van der Waals surface area contributed by atoms with Crippen LogP contribution in [0.15, 0.2) is 12.1 Å². The molecule has 0 radical (unpaired) electrons. The number of aromatic hydroxyl groups is 1. The van der Waals surface area contributed by atoms with Gasteiger partial charge < -0.3 is 24.7 Å². The Hall–Kier alpha value is -2.85. The van der Waals surface area contributed by atoms with E-state index in [4.69, 9.17) is 27.9 Å². The summed E-state index contributed by atoms with van der Waals surface area (Å²) in [5, 5.41) is 18.5. The molecule has 8 nitrogen and oxygen atoms in total. The molecular weight excluding hydrogens is 447 g/mol. The van der Waals surface area contributed by atoms with E-state index in [1.807, 2.05) is 0 Å². The molecule has 0 bridgehead atoms. The van der Waals surface area contributed by atoms with E-state index in [0.29, 0.717) is 0 Å². The lowest BCUT2D eigenvalue weighted by molar-refractivity contribution is 0.0388. The number of carbonyl (C=O) groups excluding carboxylic acids is 1. The Kier molecular flexibility index (Phi) is 5.07. The predicted molar refractivity (Wildman–Crippen MR) is 101 cm³/mol. The maximum Gasteiger partial charge on any atom is 0.407 e. The highest BCUT2D eigenvalue weighted by Crippen LogP contribution is 2.44. The van der Waals surface area contributed by atoms with Crippen LogP contribution in [0.4, 0.5) is 13.6 Å². The van der Waals surface area contributed by atoms with E-state index in [2.05, 4.69) is 4.98 Å². The second-order valence-electron chi connectivity index (χ2n) is 6.72. The Bertz CT molecular complexity index is 1080. The van der Waals surface area contributed by atoms with Crippen LogP contribution in [0.25, 0.3) is 11.3 Å². The molecule has 2 aliphatic rings. The van der Waals surface area contributed by atoms with Crippen molar-refractivity contribution in [3.8, 4) is 22.8 Å². The van der Waals surface area contributed by atoms with E-state index in [9.17, 15) is 28.6 Å². The Balaban J connectivity index is 1.82. The fourth-order valence-electron chi connectivity index (χ4n) is 3.53. The molecule has 1 saturated heterocycles. The molecule has 0 unspecified atom stereocenters.